The average molecular weight is 403 g/mol. The molecule has 0 aliphatic heterocycles. The number of carbonyl (C=O) groups is 2. The lowest BCUT2D eigenvalue weighted by Crippen LogP contribution is -2.23. The van der Waals surface area contributed by atoms with E-state index in [1.54, 1.807) is 0 Å². The van der Waals surface area contributed by atoms with Crippen molar-refractivity contribution in [1.29, 1.82) is 0 Å². The van der Waals surface area contributed by atoms with Gasteiger partial charge in [0.05, 0.1) is 17.1 Å². The predicted molar refractivity (Wildman–Crippen MR) is 93.0 cm³/mol. The number of anilines is 2. The molecule has 1 aromatic heterocycles. The second-order valence-electron chi connectivity index (χ2n) is 5.22. The van der Waals surface area contributed by atoms with E-state index in [4.69, 9.17) is 0 Å². The highest BCUT2D eigenvalue weighted by Gasteiger charge is 2.31. The molecule has 0 fully saturated rings. The first-order valence-corrected chi connectivity index (χ1v) is 8.53. The highest BCUT2D eigenvalue weighted by atomic mass is 32.2. The van der Waals surface area contributed by atoms with E-state index < -0.39 is 40.6 Å². The largest absolute Gasteiger partial charge is 0.417 e. The third kappa shape index (κ3) is 6.44. The molecule has 0 saturated heterocycles. The van der Waals surface area contributed by atoms with Gasteiger partial charge in [0.1, 0.15) is 11.5 Å². The van der Waals surface area contributed by atoms with E-state index in [-0.39, 0.29) is 11.5 Å². The average Bonchev–Trinajstić information content (AvgIpc) is 2.58. The van der Waals surface area contributed by atoms with Crippen LogP contribution in [0, 0.1) is 5.82 Å². The van der Waals surface area contributed by atoms with Gasteiger partial charge in [0.2, 0.25) is 11.8 Å². The highest BCUT2D eigenvalue weighted by molar-refractivity contribution is 8.00. The van der Waals surface area contributed by atoms with Crippen LogP contribution in [0.3, 0.4) is 0 Å². The summed E-state index contributed by atoms with van der Waals surface area (Å²) >= 11 is 0.894. The van der Waals surface area contributed by atoms with Gasteiger partial charge in [-0.15, -0.1) is 11.8 Å². The normalized spacial score (nSPS) is 11.1. The molecule has 11 heteroatoms. The molecular formula is C16H13F4N3O3S. The predicted octanol–water partition coefficient (Wildman–Crippen LogP) is 2.84. The first-order chi connectivity index (χ1) is 12.6. The molecule has 2 amide bonds. The van der Waals surface area contributed by atoms with Gasteiger partial charge in [-0.25, -0.2) is 4.39 Å². The van der Waals surface area contributed by atoms with E-state index in [1.807, 2.05) is 4.98 Å². The smallest absolute Gasteiger partial charge is 0.327 e. The number of thioether (sulfide) groups is 1. The van der Waals surface area contributed by atoms with Crippen LogP contribution in [0.25, 0.3) is 0 Å². The van der Waals surface area contributed by atoms with Gasteiger partial charge in [-0.05, 0) is 30.3 Å². The molecule has 3 N–H and O–H groups in total. The Morgan fingerprint density at radius 2 is 1.63 bits per heavy atom. The Hall–Kier alpha value is -2.82. The molecule has 6 nitrogen and oxygen atoms in total. The van der Waals surface area contributed by atoms with Crippen LogP contribution >= 0.6 is 11.8 Å². The van der Waals surface area contributed by atoms with Crippen molar-refractivity contribution < 1.29 is 27.2 Å². The fourth-order valence-corrected chi connectivity index (χ4v) is 2.51. The Balaban J connectivity index is 1.83. The summed E-state index contributed by atoms with van der Waals surface area (Å²) in [7, 11) is 0. The lowest BCUT2D eigenvalue weighted by molar-refractivity contribution is -0.137. The summed E-state index contributed by atoms with van der Waals surface area (Å²) in [5.41, 5.74) is -2.15. The maximum Gasteiger partial charge on any atom is 0.417 e. The van der Waals surface area contributed by atoms with Crippen LogP contribution < -0.4 is 16.2 Å². The zero-order valence-electron chi connectivity index (χ0n) is 13.5. The van der Waals surface area contributed by atoms with E-state index in [0.29, 0.717) is 18.0 Å². The van der Waals surface area contributed by atoms with Gasteiger partial charge < -0.3 is 15.6 Å². The summed E-state index contributed by atoms with van der Waals surface area (Å²) in [6.45, 7) is 0. The minimum atomic E-state index is -4.67. The summed E-state index contributed by atoms with van der Waals surface area (Å²) in [6.07, 6.45) is -4.16. The molecular weight excluding hydrogens is 390 g/mol. The van der Waals surface area contributed by atoms with E-state index in [9.17, 15) is 31.9 Å². The van der Waals surface area contributed by atoms with Crippen molar-refractivity contribution in [3.05, 3.63) is 58.3 Å². The minimum Gasteiger partial charge on any atom is -0.327 e. The molecule has 0 atom stereocenters. The van der Waals surface area contributed by atoms with Crippen molar-refractivity contribution in [2.24, 2.45) is 0 Å². The number of carbonyl (C=O) groups excluding carboxylic acids is 2. The van der Waals surface area contributed by atoms with Gasteiger partial charge in [-0.3, -0.25) is 14.4 Å². The Kier molecular flexibility index (Phi) is 6.61. The second-order valence-corrected chi connectivity index (χ2v) is 6.21. The van der Waals surface area contributed by atoms with E-state index in [1.165, 1.54) is 24.3 Å². The zero-order chi connectivity index (χ0) is 20.0. The number of alkyl halides is 3. The van der Waals surface area contributed by atoms with Crippen LogP contribution in [-0.4, -0.2) is 28.3 Å². The van der Waals surface area contributed by atoms with Crippen molar-refractivity contribution in [1.82, 2.24) is 4.98 Å². The molecule has 1 heterocycles. The van der Waals surface area contributed by atoms with Crippen molar-refractivity contribution in [3.63, 3.8) is 0 Å². The molecule has 0 aliphatic rings. The minimum absolute atomic E-state index is 0.121. The van der Waals surface area contributed by atoms with E-state index in [0.717, 1.165) is 11.8 Å². The van der Waals surface area contributed by atoms with E-state index in [2.05, 4.69) is 10.6 Å². The van der Waals surface area contributed by atoms with Crippen LogP contribution in [0.5, 0.6) is 0 Å². The number of benzene rings is 1. The van der Waals surface area contributed by atoms with Crippen LogP contribution in [0.1, 0.15) is 5.56 Å². The number of aromatic nitrogens is 1. The highest BCUT2D eigenvalue weighted by Crippen LogP contribution is 2.29. The van der Waals surface area contributed by atoms with Gasteiger partial charge in [0.15, 0.2) is 0 Å². The number of hydrogen-bond acceptors (Lipinski definition) is 4. The Labute approximate surface area is 154 Å². The number of halogens is 4. The Morgan fingerprint density at radius 1 is 1.04 bits per heavy atom. The number of rotatable bonds is 6. The number of aromatic amines is 1. The fraction of sp³-hybridized carbons (Fsp3) is 0.188. The van der Waals surface area contributed by atoms with Gasteiger partial charge in [0, 0.05) is 11.9 Å². The third-order valence-electron chi connectivity index (χ3n) is 3.10. The van der Waals surface area contributed by atoms with Crippen LogP contribution in [0.2, 0.25) is 0 Å². The molecule has 144 valence electrons. The summed E-state index contributed by atoms with van der Waals surface area (Å²) in [6, 6.07) is 5.60. The molecule has 2 rings (SSSR count). The number of nitrogens with one attached hydrogen (secondary N) is 3. The van der Waals surface area contributed by atoms with Crippen molar-refractivity contribution >= 4 is 35.0 Å². The molecule has 0 unspecified atom stereocenters. The molecule has 0 aliphatic carbocycles. The van der Waals surface area contributed by atoms with Crippen molar-refractivity contribution in [2.45, 2.75) is 6.18 Å². The fourth-order valence-electron chi connectivity index (χ4n) is 1.89. The van der Waals surface area contributed by atoms with Gasteiger partial charge in [0.25, 0.3) is 5.56 Å². The van der Waals surface area contributed by atoms with Crippen molar-refractivity contribution in [2.75, 3.05) is 22.1 Å². The molecule has 0 bridgehead atoms. The van der Waals surface area contributed by atoms with Crippen LogP contribution in [0.4, 0.5) is 28.9 Å². The maximum atomic E-state index is 12.8. The lowest BCUT2D eigenvalue weighted by atomic mass is 10.2. The molecule has 1 aromatic carbocycles. The summed E-state index contributed by atoms with van der Waals surface area (Å²) in [4.78, 5) is 36.9. The standard InChI is InChI=1S/C16H13F4N3O3S/c17-10-1-3-11(4-2-10)22-13(24)7-27-8-14(25)23-12-5-9(16(18,19)20)6-21-15(12)26/h1-6H,7-8H2,(H,21,26)(H,22,24)(H,23,25). The van der Waals surface area contributed by atoms with Gasteiger partial charge in [-0.2, -0.15) is 13.2 Å². The maximum absolute atomic E-state index is 12.8. The molecule has 0 saturated carbocycles. The van der Waals surface area contributed by atoms with E-state index >= 15 is 0 Å². The molecule has 0 spiro atoms. The summed E-state index contributed by atoms with van der Waals surface area (Å²) in [5.74, 6) is -2.02. The SMILES string of the molecule is O=C(CSCC(=O)Nc1cc(C(F)(F)F)c[nH]c1=O)Nc1ccc(F)cc1. The van der Waals surface area contributed by atoms with Crippen LogP contribution in [-0.2, 0) is 15.8 Å². The second kappa shape index (κ2) is 8.71. The number of amides is 2. The molecule has 0 radical (unpaired) electrons. The summed E-state index contributed by atoms with van der Waals surface area (Å²) < 4.78 is 50.6. The van der Waals surface area contributed by atoms with Crippen LogP contribution in [0.15, 0.2) is 41.3 Å². The number of pyridine rings is 1. The zero-order valence-corrected chi connectivity index (χ0v) is 14.3. The third-order valence-corrected chi connectivity index (χ3v) is 4.03. The topological polar surface area (TPSA) is 91.1 Å². The monoisotopic (exact) mass is 403 g/mol. The lowest BCUT2D eigenvalue weighted by Gasteiger charge is -2.09. The first kappa shape index (κ1) is 20.5. The van der Waals surface area contributed by atoms with Gasteiger partial charge >= 0.3 is 6.18 Å². The first-order valence-electron chi connectivity index (χ1n) is 7.38. The quantitative estimate of drug-likeness (QED) is 0.647. The summed E-state index contributed by atoms with van der Waals surface area (Å²) in [5, 5.41) is 4.56. The van der Waals surface area contributed by atoms with Crippen molar-refractivity contribution in [3.8, 4) is 0 Å². The molecule has 2 aromatic rings. The van der Waals surface area contributed by atoms with Gasteiger partial charge in [-0.1, -0.05) is 0 Å². The Morgan fingerprint density at radius 3 is 2.22 bits per heavy atom. The Bertz CT molecular complexity index is 882. The number of hydrogen-bond donors (Lipinski definition) is 3. The number of H-pyrrole nitrogens is 1. The molecule has 27 heavy (non-hydrogen) atoms.